The van der Waals surface area contributed by atoms with Gasteiger partial charge >= 0.3 is 12.1 Å². The van der Waals surface area contributed by atoms with Crippen LogP contribution in [0.5, 0.6) is 0 Å². The fourth-order valence-corrected chi connectivity index (χ4v) is 5.34. The summed E-state index contributed by atoms with van der Waals surface area (Å²) in [5, 5.41) is 13.7. The van der Waals surface area contributed by atoms with Gasteiger partial charge in [0.25, 0.3) is 0 Å². The maximum atomic E-state index is 13.8. The van der Waals surface area contributed by atoms with Crippen molar-refractivity contribution in [3.8, 4) is 0 Å². The summed E-state index contributed by atoms with van der Waals surface area (Å²) in [6.07, 6.45) is 0.283. The zero-order chi connectivity index (χ0) is 39.1. The van der Waals surface area contributed by atoms with Gasteiger partial charge in [-0.1, -0.05) is 85.7 Å². The summed E-state index contributed by atoms with van der Waals surface area (Å²) in [6, 6.07) is 4.14. The zero-order valence-electron chi connectivity index (χ0n) is 32.7. The molecule has 0 radical (unpaired) electrons. The van der Waals surface area contributed by atoms with Crippen molar-refractivity contribution in [1.29, 1.82) is 0 Å². The number of hydrogen-bond donors (Lipinski definition) is 5. The van der Waals surface area contributed by atoms with Gasteiger partial charge < -0.3 is 36.1 Å². The second-order valence-electron chi connectivity index (χ2n) is 15.7. The van der Waals surface area contributed by atoms with E-state index in [1.54, 1.807) is 34.6 Å². The number of ether oxygens (including phenoxy) is 2. The van der Waals surface area contributed by atoms with E-state index in [4.69, 9.17) is 9.47 Å². The van der Waals surface area contributed by atoms with Crippen LogP contribution in [0.2, 0.25) is 0 Å². The molecule has 0 heterocycles. The highest BCUT2D eigenvalue weighted by molar-refractivity contribution is 5.96. The highest BCUT2D eigenvalue weighted by Gasteiger charge is 2.35. The minimum absolute atomic E-state index is 0.00227. The standard InChI is InChI=1S/C38H63N5O8/c1-22(2)18-27(32(44)41-30(36(48)50-12)21-26-16-14-13-15-17-26)40-35(47)31(25(7)8)43-34(46)28(19-23(3)4)39-33(45)29(20-24(5)6)42-37(49)51-38(9,10)11/h13-17,22-25,27-31H,18-21H2,1-12H3,(H,39,45)(H,40,47)(H,41,44)(H,42,49)(H,43,46)/t27-,28+,29+,30-,31-/m1/s1. The molecule has 0 aliphatic heterocycles. The van der Waals surface area contributed by atoms with Crippen molar-refractivity contribution in [2.24, 2.45) is 23.7 Å². The van der Waals surface area contributed by atoms with E-state index in [9.17, 15) is 28.8 Å². The van der Waals surface area contributed by atoms with E-state index in [0.717, 1.165) is 5.56 Å². The summed E-state index contributed by atoms with van der Waals surface area (Å²) in [7, 11) is 1.24. The molecule has 13 nitrogen and oxygen atoms in total. The Kier molecular flexibility index (Phi) is 18.7. The van der Waals surface area contributed by atoms with Crippen LogP contribution < -0.4 is 26.6 Å². The molecular formula is C38H63N5O8. The van der Waals surface area contributed by atoms with Gasteiger partial charge in [-0.3, -0.25) is 19.2 Å². The van der Waals surface area contributed by atoms with Crippen LogP contribution in [0.1, 0.15) is 101 Å². The molecule has 13 heteroatoms. The lowest BCUT2D eigenvalue weighted by atomic mass is 9.97. The smallest absolute Gasteiger partial charge is 0.408 e. The first kappa shape index (κ1) is 44.9. The second kappa shape index (κ2) is 21.3. The first-order valence-corrected chi connectivity index (χ1v) is 18.0. The molecule has 0 bridgehead atoms. The predicted molar refractivity (Wildman–Crippen MR) is 196 cm³/mol. The van der Waals surface area contributed by atoms with Crippen LogP contribution in [0.3, 0.4) is 0 Å². The van der Waals surface area contributed by atoms with Crippen molar-refractivity contribution in [3.63, 3.8) is 0 Å². The predicted octanol–water partition coefficient (Wildman–Crippen LogP) is 4.03. The van der Waals surface area contributed by atoms with Crippen LogP contribution in [-0.2, 0) is 39.9 Å². The molecule has 1 aromatic rings. The van der Waals surface area contributed by atoms with Crippen LogP contribution in [0, 0.1) is 23.7 Å². The number of methoxy groups -OCH3 is 1. The van der Waals surface area contributed by atoms with Crippen molar-refractivity contribution in [3.05, 3.63) is 35.9 Å². The van der Waals surface area contributed by atoms with Gasteiger partial charge in [0.05, 0.1) is 7.11 Å². The maximum absolute atomic E-state index is 13.8. The summed E-state index contributed by atoms with van der Waals surface area (Å²) >= 11 is 0. The Morgan fingerprint density at radius 2 is 1.00 bits per heavy atom. The summed E-state index contributed by atoms with van der Waals surface area (Å²) in [4.78, 5) is 79.8. The first-order valence-electron chi connectivity index (χ1n) is 18.0. The molecule has 5 amide bonds. The number of rotatable bonds is 19. The van der Waals surface area contributed by atoms with Crippen LogP contribution in [0.4, 0.5) is 4.79 Å². The minimum Gasteiger partial charge on any atom is -0.467 e. The molecule has 5 atom stereocenters. The van der Waals surface area contributed by atoms with Gasteiger partial charge in [-0.15, -0.1) is 0 Å². The molecule has 0 saturated heterocycles. The average molecular weight is 718 g/mol. The largest absolute Gasteiger partial charge is 0.467 e. The van der Waals surface area contributed by atoms with Crippen molar-refractivity contribution >= 4 is 35.7 Å². The molecule has 51 heavy (non-hydrogen) atoms. The van der Waals surface area contributed by atoms with Crippen LogP contribution in [-0.4, -0.2) is 78.6 Å². The molecular weight excluding hydrogens is 654 g/mol. The number of nitrogens with one attached hydrogen (secondary N) is 5. The van der Waals surface area contributed by atoms with Gasteiger partial charge in [0.2, 0.25) is 23.6 Å². The monoisotopic (exact) mass is 717 g/mol. The molecule has 0 aliphatic carbocycles. The van der Waals surface area contributed by atoms with Crippen LogP contribution in [0.25, 0.3) is 0 Å². The van der Waals surface area contributed by atoms with E-state index in [2.05, 4.69) is 26.6 Å². The van der Waals surface area contributed by atoms with Gasteiger partial charge in [-0.05, 0) is 69.3 Å². The average Bonchev–Trinajstić information content (AvgIpc) is 3.00. The van der Waals surface area contributed by atoms with Crippen LogP contribution >= 0.6 is 0 Å². The Hall–Kier alpha value is -4.16. The highest BCUT2D eigenvalue weighted by atomic mass is 16.6. The molecule has 0 spiro atoms. The molecule has 1 rings (SSSR count). The van der Waals surface area contributed by atoms with Gasteiger partial charge in [-0.2, -0.15) is 0 Å². The summed E-state index contributed by atoms with van der Waals surface area (Å²) in [5.41, 5.74) is 0.0506. The molecule has 288 valence electrons. The molecule has 0 aliphatic rings. The maximum Gasteiger partial charge on any atom is 0.408 e. The molecule has 0 saturated carbocycles. The number of alkyl carbamates (subject to hydrolysis) is 1. The van der Waals surface area contributed by atoms with E-state index < -0.39 is 77.4 Å². The first-order chi connectivity index (χ1) is 23.6. The number of carbonyl (C=O) groups is 6. The third-order valence-corrected chi connectivity index (χ3v) is 7.73. The van der Waals surface area contributed by atoms with Gasteiger partial charge in [-0.25, -0.2) is 9.59 Å². The number of carbonyl (C=O) groups excluding carboxylic acids is 6. The van der Waals surface area contributed by atoms with Crippen molar-refractivity contribution in [1.82, 2.24) is 26.6 Å². The van der Waals surface area contributed by atoms with E-state index in [1.165, 1.54) is 7.11 Å². The Morgan fingerprint density at radius 3 is 1.41 bits per heavy atom. The van der Waals surface area contributed by atoms with E-state index in [1.807, 2.05) is 71.9 Å². The number of hydrogen-bond acceptors (Lipinski definition) is 8. The van der Waals surface area contributed by atoms with Crippen molar-refractivity contribution in [2.45, 2.75) is 138 Å². The Labute approximate surface area is 304 Å². The van der Waals surface area contributed by atoms with Crippen LogP contribution in [0.15, 0.2) is 30.3 Å². The second-order valence-corrected chi connectivity index (χ2v) is 15.7. The fraction of sp³-hybridized carbons (Fsp3) is 0.684. The quantitative estimate of drug-likeness (QED) is 0.133. The SMILES string of the molecule is COC(=O)[C@@H](Cc1ccccc1)NC(=O)[C@@H](CC(C)C)NC(=O)[C@H](NC(=O)[C@H](CC(C)C)NC(=O)[C@H](CC(C)C)NC(=O)OC(C)(C)C)C(C)C. The topological polar surface area (TPSA) is 181 Å². The van der Waals surface area contributed by atoms with E-state index in [0.29, 0.717) is 6.42 Å². The van der Waals surface area contributed by atoms with Gasteiger partial charge in [0.15, 0.2) is 0 Å². The lowest BCUT2D eigenvalue weighted by Crippen LogP contribution is -2.60. The Morgan fingerprint density at radius 1 is 0.588 bits per heavy atom. The van der Waals surface area contributed by atoms with E-state index >= 15 is 0 Å². The lowest BCUT2D eigenvalue weighted by molar-refractivity contribution is -0.145. The van der Waals surface area contributed by atoms with Gasteiger partial charge in [0, 0.05) is 6.42 Å². The zero-order valence-corrected chi connectivity index (χ0v) is 32.7. The number of esters is 1. The summed E-state index contributed by atoms with van der Waals surface area (Å²) in [6.45, 7) is 20.1. The molecule has 0 unspecified atom stereocenters. The summed E-state index contributed by atoms with van der Waals surface area (Å²) in [5.74, 6) is -3.26. The number of amides is 5. The Balaban J connectivity index is 3.21. The molecule has 0 aromatic heterocycles. The summed E-state index contributed by atoms with van der Waals surface area (Å²) < 4.78 is 10.3. The molecule has 5 N–H and O–H groups in total. The fourth-order valence-electron chi connectivity index (χ4n) is 5.34. The minimum atomic E-state index is -1.06. The molecule has 1 aromatic carbocycles. The number of benzene rings is 1. The normalized spacial score (nSPS) is 14.6. The van der Waals surface area contributed by atoms with Crippen molar-refractivity contribution in [2.75, 3.05) is 7.11 Å². The molecule has 0 fully saturated rings. The van der Waals surface area contributed by atoms with Gasteiger partial charge in [0.1, 0.15) is 35.8 Å². The van der Waals surface area contributed by atoms with Crippen molar-refractivity contribution < 1.29 is 38.2 Å². The lowest BCUT2D eigenvalue weighted by Gasteiger charge is -2.30. The third kappa shape index (κ3) is 17.6. The highest BCUT2D eigenvalue weighted by Crippen LogP contribution is 2.14. The Bertz CT molecular complexity index is 1290. The van der Waals surface area contributed by atoms with E-state index in [-0.39, 0.29) is 37.0 Å². The third-order valence-electron chi connectivity index (χ3n) is 7.73.